The van der Waals surface area contributed by atoms with Crippen molar-refractivity contribution in [2.24, 2.45) is 0 Å². The van der Waals surface area contributed by atoms with E-state index in [2.05, 4.69) is 22.6 Å². The van der Waals surface area contributed by atoms with E-state index < -0.39 is 12.6 Å². The highest BCUT2D eigenvalue weighted by atomic mass is 127. The van der Waals surface area contributed by atoms with Gasteiger partial charge in [-0.05, 0) is 30.0 Å². The van der Waals surface area contributed by atoms with Gasteiger partial charge in [0.1, 0.15) is 0 Å². The van der Waals surface area contributed by atoms with E-state index in [1.807, 2.05) is 6.07 Å². The van der Waals surface area contributed by atoms with Crippen molar-refractivity contribution in [2.45, 2.75) is 24.9 Å². The van der Waals surface area contributed by atoms with Crippen molar-refractivity contribution in [2.75, 3.05) is 4.43 Å². The van der Waals surface area contributed by atoms with Crippen LogP contribution in [0.5, 0.6) is 0 Å². The van der Waals surface area contributed by atoms with Crippen LogP contribution in [0.1, 0.15) is 24.3 Å². The third-order valence-corrected chi connectivity index (χ3v) is 3.58. The molecule has 1 unspecified atom stereocenters. The Morgan fingerprint density at radius 1 is 1.31 bits per heavy atom. The van der Waals surface area contributed by atoms with Crippen molar-refractivity contribution in [3.05, 3.63) is 34.9 Å². The third-order valence-electron chi connectivity index (χ3n) is 2.28. The Morgan fingerprint density at radius 2 is 2.00 bits per heavy atom. The van der Waals surface area contributed by atoms with Crippen molar-refractivity contribution in [1.29, 1.82) is 0 Å². The highest BCUT2D eigenvalue weighted by Crippen LogP contribution is 2.31. The minimum Gasteiger partial charge on any atom is -0.171 e. The summed E-state index contributed by atoms with van der Waals surface area (Å²) in [7, 11) is 0. The molecule has 0 heterocycles. The summed E-state index contributed by atoms with van der Waals surface area (Å²) in [6.07, 6.45) is -4.71. The summed E-state index contributed by atoms with van der Waals surface area (Å²) in [5.74, 6) is -0.0825. The first kappa shape index (κ1) is 14.1. The summed E-state index contributed by atoms with van der Waals surface area (Å²) >= 11 is 7.92. The lowest BCUT2D eigenvalue weighted by molar-refractivity contribution is -0.136. The van der Waals surface area contributed by atoms with Crippen LogP contribution < -0.4 is 0 Å². The predicted molar refractivity (Wildman–Crippen MR) is 68.4 cm³/mol. The van der Waals surface area contributed by atoms with E-state index in [4.69, 9.17) is 11.6 Å². The lowest BCUT2D eigenvalue weighted by atomic mass is 9.96. The first-order valence-corrected chi connectivity index (χ1v) is 6.71. The number of alkyl halides is 4. The zero-order chi connectivity index (χ0) is 12.2. The van der Waals surface area contributed by atoms with Crippen LogP contribution in [0, 0.1) is 0 Å². The first-order valence-electron chi connectivity index (χ1n) is 4.80. The van der Waals surface area contributed by atoms with Crippen molar-refractivity contribution in [3.8, 4) is 0 Å². The Balaban J connectivity index is 2.68. The normalized spacial score (nSPS) is 13.8. The van der Waals surface area contributed by atoms with E-state index in [0.29, 0.717) is 9.45 Å². The Kier molecular flexibility index (Phi) is 5.37. The lowest BCUT2D eigenvalue weighted by Gasteiger charge is -2.15. The van der Waals surface area contributed by atoms with Gasteiger partial charge in [0.15, 0.2) is 0 Å². The van der Waals surface area contributed by atoms with Crippen molar-refractivity contribution >= 4 is 34.2 Å². The Bertz CT molecular complexity index is 338. The summed E-state index contributed by atoms with van der Waals surface area (Å²) in [4.78, 5) is 0. The van der Waals surface area contributed by atoms with Gasteiger partial charge in [-0.15, -0.1) is 0 Å². The van der Waals surface area contributed by atoms with Crippen LogP contribution in [0.3, 0.4) is 0 Å². The molecule has 0 aromatic heterocycles. The molecule has 0 aliphatic heterocycles. The van der Waals surface area contributed by atoms with E-state index in [1.54, 1.807) is 18.2 Å². The molecule has 16 heavy (non-hydrogen) atoms. The zero-order valence-corrected chi connectivity index (χ0v) is 11.3. The average molecular weight is 363 g/mol. The average Bonchev–Trinajstić information content (AvgIpc) is 2.17. The number of benzene rings is 1. The molecule has 0 bridgehead atoms. The van der Waals surface area contributed by atoms with Gasteiger partial charge in [-0.1, -0.05) is 46.3 Å². The van der Waals surface area contributed by atoms with Crippen LogP contribution in [-0.4, -0.2) is 10.6 Å². The summed E-state index contributed by atoms with van der Waals surface area (Å²) in [6, 6.07) is 7.05. The van der Waals surface area contributed by atoms with Crippen molar-refractivity contribution in [1.82, 2.24) is 0 Å². The summed E-state index contributed by atoms with van der Waals surface area (Å²) in [5.41, 5.74) is 0.881. The first-order chi connectivity index (χ1) is 7.42. The number of rotatable bonds is 4. The van der Waals surface area contributed by atoms with Crippen LogP contribution in [0.25, 0.3) is 0 Å². The minimum absolute atomic E-state index is 0.0825. The number of hydrogen-bond acceptors (Lipinski definition) is 0. The smallest absolute Gasteiger partial charge is 0.171 e. The van der Waals surface area contributed by atoms with Crippen LogP contribution in [0.4, 0.5) is 13.2 Å². The van der Waals surface area contributed by atoms with Crippen molar-refractivity contribution < 1.29 is 13.2 Å². The zero-order valence-electron chi connectivity index (χ0n) is 8.40. The van der Waals surface area contributed by atoms with Gasteiger partial charge in [0.05, 0.1) is 0 Å². The molecule has 0 N–H and O–H groups in total. The van der Waals surface area contributed by atoms with Crippen LogP contribution in [0.2, 0.25) is 5.02 Å². The number of halogens is 5. The Morgan fingerprint density at radius 3 is 2.50 bits per heavy atom. The maximum Gasteiger partial charge on any atom is 0.389 e. The van der Waals surface area contributed by atoms with Gasteiger partial charge in [-0.25, -0.2) is 0 Å². The summed E-state index contributed by atoms with van der Waals surface area (Å²) in [6.45, 7) is 0. The van der Waals surface area contributed by atoms with Crippen LogP contribution in [0.15, 0.2) is 24.3 Å². The molecule has 0 spiro atoms. The molecule has 0 radical (unpaired) electrons. The van der Waals surface area contributed by atoms with Crippen molar-refractivity contribution in [3.63, 3.8) is 0 Å². The SMILES string of the molecule is FC(F)(F)CCC(CI)c1cccc(Cl)c1. The van der Waals surface area contributed by atoms with Gasteiger partial charge in [-0.3, -0.25) is 0 Å². The molecule has 0 aliphatic carbocycles. The maximum atomic E-state index is 12.1. The second-order valence-electron chi connectivity index (χ2n) is 3.56. The molecule has 0 amide bonds. The molecule has 1 rings (SSSR count). The van der Waals surface area contributed by atoms with Gasteiger partial charge in [0.2, 0.25) is 0 Å². The molecule has 0 nitrogen and oxygen atoms in total. The van der Waals surface area contributed by atoms with Gasteiger partial charge in [0.25, 0.3) is 0 Å². The standard InChI is InChI=1S/C11H11ClF3I/c12-10-3-1-2-8(6-10)9(7-16)4-5-11(13,14)15/h1-3,6,9H,4-5,7H2. The van der Waals surface area contributed by atoms with E-state index in [9.17, 15) is 13.2 Å². The molecule has 90 valence electrons. The lowest BCUT2D eigenvalue weighted by Crippen LogP contribution is -2.11. The maximum absolute atomic E-state index is 12.1. The monoisotopic (exact) mass is 362 g/mol. The van der Waals surface area contributed by atoms with E-state index in [0.717, 1.165) is 5.56 Å². The Hall–Kier alpha value is 0.0300. The number of hydrogen-bond donors (Lipinski definition) is 0. The Labute approximate surface area is 111 Å². The highest BCUT2D eigenvalue weighted by molar-refractivity contribution is 14.1. The molecular formula is C11H11ClF3I. The third kappa shape index (κ3) is 4.91. The van der Waals surface area contributed by atoms with Crippen LogP contribution >= 0.6 is 34.2 Å². The topological polar surface area (TPSA) is 0 Å². The van der Waals surface area contributed by atoms with E-state index >= 15 is 0 Å². The summed E-state index contributed by atoms with van der Waals surface area (Å²) in [5, 5.41) is 0.569. The molecule has 0 saturated carbocycles. The van der Waals surface area contributed by atoms with E-state index in [1.165, 1.54) is 0 Å². The molecule has 1 aromatic rings. The van der Waals surface area contributed by atoms with Gasteiger partial charge < -0.3 is 0 Å². The molecule has 0 fully saturated rings. The highest BCUT2D eigenvalue weighted by Gasteiger charge is 2.28. The molecule has 1 atom stereocenters. The molecule has 5 heteroatoms. The molecule has 0 saturated heterocycles. The molecule has 1 aromatic carbocycles. The van der Waals surface area contributed by atoms with Gasteiger partial charge in [0, 0.05) is 15.9 Å². The second-order valence-corrected chi connectivity index (χ2v) is 4.88. The summed E-state index contributed by atoms with van der Waals surface area (Å²) < 4.78 is 37.0. The fraction of sp³-hybridized carbons (Fsp3) is 0.455. The van der Waals surface area contributed by atoms with Crippen LogP contribution in [-0.2, 0) is 0 Å². The molecule has 0 aliphatic rings. The minimum atomic E-state index is -4.08. The van der Waals surface area contributed by atoms with Gasteiger partial charge >= 0.3 is 6.18 Å². The second kappa shape index (κ2) is 6.10. The fourth-order valence-electron chi connectivity index (χ4n) is 1.43. The van der Waals surface area contributed by atoms with Gasteiger partial charge in [-0.2, -0.15) is 13.2 Å². The fourth-order valence-corrected chi connectivity index (χ4v) is 2.58. The quantitative estimate of drug-likeness (QED) is 0.510. The predicted octanol–water partition coefficient (Wildman–Crippen LogP) is 5.20. The van der Waals surface area contributed by atoms with E-state index in [-0.39, 0.29) is 12.3 Å². The molecular weight excluding hydrogens is 351 g/mol. The largest absolute Gasteiger partial charge is 0.389 e.